The molecule has 56 heavy (non-hydrogen) atoms. The van der Waals surface area contributed by atoms with Crippen LogP contribution in [0.1, 0.15) is 22.5 Å². The number of thioether (sulfide) groups is 2. The molecule has 10 rings (SSSR count). The van der Waals surface area contributed by atoms with Crippen LogP contribution < -0.4 is 0 Å². The molecule has 0 bridgehead atoms. The van der Waals surface area contributed by atoms with E-state index in [9.17, 15) is 0 Å². The number of rotatable bonds is 12. The summed E-state index contributed by atoms with van der Waals surface area (Å²) < 4.78 is 3.91. The third kappa shape index (κ3) is 7.07. The first-order valence-electron chi connectivity index (χ1n) is 18.3. The van der Waals surface area contributed by atoms with Crippen molar-refractivity contribution in [2.75, 3.05) is 0 Å². The molecule has 2 N–H and O–H groups in total. The summed E-state index contributed by atoms with van der Waals surface area (Å²) in [5.41, 5.74) is 9.45. The van der Waals surface area contributed by atoms with Crippen LogP contribution in [0, 0.1) is 0 Å². The van der Waals surface area contributed by atoms with Gasteiger partial charge >= 0.3 is 0 Å². The number of hydrogen-bond acceptors (Lipinski definition) is 8. The summed E-state index contributed by atoms with van der Waals surface area (Å²) in [5, 5.41) is 14.0. The molecular formula is C44H34N10S2. The number of hydrogen-bond donors (Lipinski definition) is 2. The van der Waals surface area contributed by atoms with Crippen molar-refractivity contribution in [3.63, 3.8) is 0 Å². The molecule has 5 heterocycles. The number of aromatic nitrogens is 10. The summed E-state index contributed by atoms with van der Waals surface area (Å²) in [5.74, 6) is 2.76. The number of aromatic amines is 2. The van der Waals surface area contributed by atoms with Crippen LogP contribution in [0.5, 0.6) is 0 Å². The van der Waals surface area contributed by atoms with E-state index in [4.69, 9.17) is 30.1 Å². The van der Waals surface area contributed by atoms with Crippen LogP contribution in [-0.2, 0) is 24.6 Å². The first-order chi connectivity index (χ1) is 27.7. The Balaban J connectivity index is 1.04. The molecule has 5 aromatic heterocycles. The van der Waals surface area contributed by atoms with Gasteiger partial charge in [-0.05, 0) is 47.5 Å². The average molecular weight is 767 g/mol. The lowest BCUT2D eigenvalue weighted by Gasteiger charge is -2.12. The molecule has 12 heteroatoms. The van der Waals surface area contributed by atoms with Gasteiger partial charge in [0.25, 0.3) is 0 Å². The minimum absolute atomic E-state index is 0.369. The average Bonchev–Trinajstić information content (AvgIpc) is 4.05. The smallest absolute Gasteiger partial charge is 0.198 e. The highest BCUT2D eigenvalue weighted by Gasteiger charge is 2.21. The molecule has 10 aromatic rings. The van der Waals surface area contributed by atoms with Gasteiger partial charge in [0.05, 0.1) is 46.9 Å². The van der Waals surface area contributed by atoms with E-state index in [2.05, 4.69) is 94.9 Å². The van der Waals surface area contributed by atoms with Crippen molar-refractivity contribution in [1.82, 2.24) is 49.5 Å². The van der Waals surface area contributed by atoms with Gasteiger partial charge < -0.3 is 9.97 Å². The van der Waals surface area contributed by atoms with E-state index in [0.717, 1.165) is 77.4 Å². The molecule has 0 amide bonds. The minimum atomic E-state index is 0.369. The SMILES string of the molecule is c1ccc(CSc2nc(-c3cc4ccccc4[nH]3)nn2Cc2nc3ccccc3nc2Cn2nc(-c3cc4ccccc4[nH]3)nc2SCc2ccccc2)cc1. The van der Waals surface area contributed by atoms with Crippen LogP contribution in [0.15, 0.2) is 156 Å². The normalized spacial score (nSPS) is 11.6. The van der Waals surface area contributed by atoms with Crippen LogP contribution >= 0.6 is 23.5 Å². The molecule has 0 unspecified atom stereocenters. The quantitative estimate of drug-likeness (QED) is 0.118. The fraction of sp³-hybridized carbons (Fsp3) is 0.0909. The molecule has 5 aromatic carbocycles. The number of benzene rings is 5. The van der Waals surface area contributed by atoms with E-state index in [1.54, 1.807) is 23.5 Å². The van der Waals surface area contributed by atoms with Crippen LogP contribution in [0.4, 0.5) is 0 Å². The maximum Gasteiger partial charge on any atom is 0.198 e. The second-order valence-electron chi connectivity index (χ2n) is 13.4. The molecule has 0 aliphatic heterocycles. The maximum absolute atomic E-state index is 5.22. The van der Waals surface area contributed by atoms with Gasteiger partial charge in [0.2, 0.25) is 0 Å². The monoisotopic (exact) mass is 766 g/mol. The third-order valence-electron chi connectivity index (χ3n) is 9.56. The van der Waals surface area contributed by atoms with Gasteiger partial charge in [-0.2, -0.15) is 9.97 Å². The summed E-state index contributed by atoms with van der Waals surface area (Å²) in [7, 11) is 0. The van der Waals surface area contributed by atoms with Crippen molar-refractivity contribution in [3.05, 3.63) is 168 Å². The summed E-state index contributed by atoms with van der Waals surface area (Å²) in [6.45, 7) is 0.737. The molecule has 0 fully saturated rings. The van der Waals surface area contributed by atoms with E-state index < -0.39 is 0 Å². The lowest BCUT2D eigenvalue weighted by molar-refractivity contribution is 0.574. The van der Waals surface area contributed by atoms with Crippen LogP contribution in [0.3, 0.4) is 0 Å². The molecule has 0 aliphatic carbocycles. The first-order valence-corrected chi connectivity index (χ1v) is 20.3. The molecule has 0 radical (unpaired) electrons. The Morgan fingerprint density at radius 3 is 1.30 bits per heavy atom. The van der Waals surface area contributed by atoms with E-state index in [0.29, 0.717) is 24.7 Å². The molecule has 0 atom stereocenters. The lowest BCUT2D eigenvalue weighted by atomic mass is 10.2. The number of H-pyrrole nitrogens is 2. The van der Waals surface area contributed by atoms with Gasteiger partial charge in [-0.1, -0.05) is 133 Å². The van der Waals surface area contributed by atoms with Crippen molar-refractivity contribution in [3.8, 4) is 23.0 Å². The highest BCUT2D eigenvalue weighted by atomic mass is 32.2. The van der Waals surface area contributed by atoms with Gasteiger partial charge in [0, 0.05) is 33.3 Å². The highest BCUT2D eigenvalue weighted by molar-refractivity contribution is 7.98. The predicted octanol–water partition coefficient (Wildman–Crippen LogP) is 9.79. The minimum Gasteiger partial charge on any atom is -0.352 e. The van der Waals surface area contributed by atoms with Gasteiger partial charge in [-0.25, -0.2) is 19.3 Å². The molecular weight excluding hydrogens is 733 g/mol. The van der Waals surface area contributed by atoms with Crippen molar-refractivity contribution in [2.45, 2.75) is 34.9 Å². The molecule has 10 nitrogen and oxygen atoms in total. The third-order valence-corrected chi connectivity index (χ3v) is 11.6. The second-order valence-corrected chi connectivity index (χ2v) is 15.3. The Morgan fingerprint density at radius 2 is 0.857 bits per heavy atom. The zero-order chi connectivity index (χ0) is 37.3. The van der Waals surface area contributed by atoms with Crippen molar-refractivity contribution < 1.29 is 0 Å². The highest BCUT2D eigenvalue weighted by Crippen LogP contribution is 2.30. The molecule has 272 valence electrons. The van der Waals surface area contributed by atoms with E-state index in [1.807, 2.05) is 70.0 Å². The Kier molecular flexibility index (Phi) is 9.09. The van der Waals surface area contributed by atoms with Crippen LogP contribution in [0.25, 0.3) is 55.9 Å². The molecule has 0 saturated carbocycles. The van der Waals surface area contributed by atoms with Gasteiger partial charge in [0.1, 0.15) is 0 Å². The zero-order valence-electron chi connectivity index (χ0n) is 30.1. The lowest BCUT2D eigenvalue weighted by Crippen LogP contribution is -2.14. The van der Waals surface area contributed by atoms with E-state index >= 15 is 0 Å². The van der Waals surface area contributed by atoms with Crippen LogP contribution in [-0.4, -0.2) is 49.5 Å². The molecule has 0 saturated heterocycles. The number of nitrogens with one attached hydrogen (secondary N) is 2. The topological polar surface area (TPSA) is 119 Å². The number of fused-ring (bicyclic) bond motifs is 3. The Bertz CT molecular complexity index is 2680. The first kappa shape index (κ1) is 34.0. The summed E-state index contributed by atoms with van der Waals surface area (Å²) in [6, 6.07) is 49.5. The zero-order valence-corrected chi connectivity index (χ0v) is 31.7. The fourth-order valence-corrected chi connectivity index (χ4v) is 8.53. The number of nitrogens with zero attached hydrogens (tertiary/aromatic N) is 8. The Labute approximate surface area is 330 Å². The van der Waals surface area contributed by atoms with E-state index in [-0.39, 0.29) is 0 Å². The standard InChI is InChI=1S/C44H34N10S2/c1-3-13-29(14-4-1)27-55-43-49-41(37-23-31-17-7-9-19-33(31)45-37)51-53(43)25-39-40(48-36-22-12-11-21-35(36)47-39)26-54-44(56-28-30-15-5-2-6-16-30)50-42(52-54)38-24-32-18-8-10-20-34(32)46-38/h1-24,45-46H,25-28H2. The predicted molar refractivity (Wildman–Crippen MR) is 224 cm³/mol. The fourth-order valence-electron chi connectivity index (χ4n) is 6.75. The largest absolute Gasteiger partial charge is 0.352 e. The van der Waals surface area contributed by atoms with E-state index in [1.165, 1.54) is 11.1 Å². The second kappa shape index (κ2) is 15.0. The van der Waals surface area contributed by atoms with Crippen molar-refractivity contribution in [1.29, 1.82) is 0 Å². The van der Waals surface area contributed by atoms with Crippen molar-refractivity contribution >= 4 is 56.4 Å². The Morgan fingerprint density at radius 1 is 0.446 bits per heavy atom. The Hall–Kier alpha value is -6.50. The molecule has 0 aliphatic rings. The summed E-state index contributed by atoms with van der Waals surface area (Å²) >= 11 is 3.32. The van der Waals surface area contributed by atoms with Gasteiger partial charge in [-0.3, -0.25) is 0 Å². The van der Waals surface area contributed by atoms with Crippen LogP contribution in [0.2, 0.25) is 0 Å². The number of para-hydroxylation sites is 4. The maximum atomic E-state index is 5.22. The summed E-state index contributed by atoms with van der Waals surface area (Å²) in [6.07, 6.45) is 0. The summed E-state index contributed by atoms with van der Waals surface area (Å²) in [4.78, 5) is 27.6. The molecule has 0 spiro atoms. The van der Waals surface area contributed by atoms with Gasteiger partial charge in [0.15, 0.2) is 22.0 Å². The van der Waals surface area contributed by atoms with Gasteiger partial charge in [-0.15, -0.1) is 10.2 Å². The van der Waals surface area contributed by atoms with Crippen molar-refractivity contribution in [2.24, 2.45) is 0 Å².